The summed E-state index contributed by atoms with van der Waals surface area (Å²) in [6.07, 6.45) is 0. The zero-order valence-electron chi connectivity index (χ0n) is 17.2. The molecule has 1 heterocycles. The molecule has 0 N–H and O–H groups in total. The molecule has 0 atom stereocenters. The third kappa shape index (κ3) is 2.23. The van der Waals surface area contributed by atoms with Gasteiger partial charge in [0, 0.05) is 0 Å². The molecule has 0 nitrogen and oxygen atoms in total. The maximum atomic E-state index is 2.41. The second-order valence-electron chi connectivity index (χ2n) is 8.16. The van der Waals surface area contributed by atoms with Gasteiger partial charge >= 0.3 is 186 Å². The molecule has 6 rings (SSSR count). The van der Waals surface area contributed by atoms with E-state index in [-0.39, 0.29) is 0 Å². The second-order valence-corrected chi connectivity index (χ2v) is 26.6. The zero-order valence-corrected chi connectivity index (χ0v) is 20.7. The first-order valence-corrected chi connectivity index (χ1v) is 19.4. The van der Waals surface area contributed by atoms with Gasteiger partial charge in [0.25, 0.3) is 0 Å². The summed E-state index contributed by atoms with van der Waals surface area (Å²) in [4.78, 5) is 0. The van der Waals surface area contributed by atoms with E-state index >= 15 is 0 Å². The van der Waals surface area contributed by atoms with Gasteiger partial charge in [0.2, 0.25) is 0 Å². The molecule has 1 aliphatic rings. The number of benzene rings is 5. The normalized spacial score (nSPS) is 16.5. The Morgan fingerprint density at radius 1 is 0.290 bits per heavy atom. The van der Waals surface area contributed by atoms with Crippen LogP contribution in [0.25, 0.3) is 11.1 Å². The van der Waals surface area contributed by atoms with Crippen LogP contribution in [-0.4, -0.2) is 18.8 Å². The average Bonchev–Trinajstić information content (AvgIpc) is 3.15. The molecule has 148 valence electrons. The van der Waals surface area contributed by atoms with Crippen molar-refractivity contribution in [2.45, 2.75) is 0 Å². The molecule has 1 heteroatoms. The standard InChI is InChI=1S/C12H8.3C6H5.Bi/c1-3-7-11(8-4-1)12-9-5-2-6-10-12;3*1-2-4-6-5-3-1;/h1-7,9H;3*1-5H;. The predicted molar refractivity (Wildman–Crippen MR) is 135 cm³/mol. The van der Waals surface area contributed by atoms with Crippen molar-refractivity contribution in [3.8, 4) is 11.1 Å². The van der Waals surface area contributed by atoms with Crippen LogP contribution in [0.2, 0.25) is 0 Å². The van der Waals surface area contributed by atoms with Crippen LogP contribution in [-0.2, 0) is 0 Å². The van der Waals surface area contributed by atoms with Crippen molar-refractivity contribution < 1.29 is 0 Å². The van der Waals surface area contributed by atoms with Gasteiger partial charge < -0.3 is 0 Å². The molecule has 1 aliphatic heterocycles. The second kappa shape index (κ2) is 7.01. The summed E-state index contributed by atoms with van der Waals surface area (Å²) in [7, 11) is 0. The quantitative estimate of drug-likeness (QED) is 0.274. The zero-order chi connectivity index (χ0) is 20.8. The van der Waals surface area contributed by atoms with Crippen molar-refractivity contribution in [2.75, 3.05) is 0 Å². The number of hydrogen-bond acceptors (Lipinski definition) is 0. The third-order valence-corrected chi connectivity index (χ3v) is 32.9. The summed E-state index contributed by atoms with van der Waals surface area (Å²) in [6.45, 7) is 0. The maximum absolute atomic E-state index is 4.58. The van der Waals surface area contributed by atoms with E-state index in [0.717, 1.165) is 0 Å². The molecule has 5 aromatic carbocycles. The molecule has 0 radical (unpaired) electrons. The molecule has 0 aromatic heterocycles. The van der Waals surface area contributed by atoms with Crippen molar-refractivity contribution in [1.82, 2.24) is 0 Å². The number of hydrogen-bond donors (Lipinski definition) is 0. The Hall–Kier alpha value is -3.02. The Morgan fingerprint density at radius 3 is 0.935 bits per heavy atom. The summed E-state index contributed by atoms with van der Waals surface area (Å²) < 4.78 is 7.48. The average molecular weight is 592 g/mol. The van der Waals surface area contributed by atoms with Crippen molar-refractivity contribution in [2.24, 2.45) is 0 Å². The molecule has 0 amide bonds. The minimum absolute atomic E-state index is 1.39. The van der Waals surface area contributed by atoms with E-state index in [0.29, 0.717) is 0 Å². The topological polar surface area (TPSA) is 0 Å². The fourth-order valence-corrected chi connectivity index (χ4v) is 34.0. The first kappa shape index (κ1) is 18.7. The van der Waals surface area contributed by atoms with E-state index in [1.165, 1.54) is 27.5 Å². The van der Waals surface area contributed by atoms with Crippen LogP contribution in [0.15, 0.2) is 140 Å². The van der Waals surface area contributed by atoms with Crippen molar-refractivity contribution in [3.63, 3.8) is 0 Å². The van der Waals surface area contributed by atoms with E-state index < -0.39 is 18.8 Å². The Balaban J connectivity index is 1.99. The van der Waals surface area contributed by atoms with Gasteiger partial charge in [0.15, 0.2) is 0 Å². The number of rotatable bonds is 3. The third-order valence-electron chi connectivity index (χ3n) is 6.88. The molecule has 0 spiro atoms. The van der Waals surface area contributed by atoms with E-state index in [1.807, 2.05) is 0 Å². The molecule has 5 aromatic rings. The van der Waals surface area contributed by atoms with E-state index in [1.54, 1.807) is 0 Å². The SMILES string of the molecule is c1cc[c]([Bi]2([c]3ccccc3)([c]3ccccc3)[c]3ccccc3-c3cccc[c]32)cc1. The molecule has 31 heavy (non-hydrogen) atoms. The summed E-state index contributed by atoms with van der Waals surface area (Å²) in [5, 5.41) is 0. The Kier molecular flexibility index (Phi) is 4.23. The van der Waals surface area contributed by atoms with Crippen LogP contribution in [0.3, 0.4) is 0 Å². The Morgan fingerprint density at radius 2 is 0.581 bits per heavy atom. The van der Waals surface area contributed by atoms with E-state index in [9.17, 15) is 0 Å². The van der Waals surface area contributed by atoms with Gasteiger partial charge in [-0.15, -0.1) is 0 Å². The van der Waals surface area contributed by atoms with E-state index in [4.69, 9.17) is 0 Å². The van der Waals surface area contributed by atoms with Crippen LogP contribution in [0.1, 0.15) is 0 Å². The molecule has 0 saturated heterocycles. The van der Waals surface area contributed by atoms with Gasteiger partial charge in [-0.3, -0.25) is 0 Å². The van der Waals surface area contributed by atoms with Crippen LogP contribution < -0.4 is 16.4 Å². The van der Waals surface area contributed by atoms with Crippen LogP contribution in [0.5, 0.6) is 0 Å². The van der Waals surface area contributed by atoms with Gasteiger partial charge in [0.1, 0.15) is 0 Å². The minimum atomic E-state index is -4.58. The number of fused-ring (bicyclic) bond motifs is 3. The first-order valence-electron chi connectivity index (χ1n) is 10.8. The first-order chi connectivity index (χ1) is 15.4. The summed E-state index contributed by atoms with van der Waals surface area (Å²) >= 11 is -4.58. The van der Waals surface area contributed by atoms with Crippen LogP contribution in [0, 0.1) is 0 Å². The van der Waals surface area contributed by atoms with Gasteiger partial charge in [-0.25, -0.2) is 0 Å². The summed E-state index contributed by atoms with van der Waals surface area (Å²) in [6, 6.07) is 52.3. The summed E-state index contributed by atoms with van der Waals surface area (Å²) in [5.41, 5.74) is 2.78. The van der Waals surface area contributed by atoms with Crippen molar-refractivity contribution >= 4 is 35.1 Å². The molecular weight excluding hydrogens is 569 g/mol. The van der Waals surface area contributed by atoms with Crippen molar-refractivity contribution in [1.29, 1.82) is 0 Å². The molecule has 0 saturated carbocycles. The van der Waals surface area contributed by atoms with E-state index in [2.05, 4.69) is 140 Å². The van der Waals surface area contributed by atoms with Crippen LogP contribution in [0.4, 0.5) is 0 Å². The molecule has 0 unspecified atom stereocenters. The van der Waals surface area contributed by atoms with Gasteiger partial charge in [0.05, 0.1) is 0 Å². The summed E-state index contributed by atoms with van der Waals surface area (Å²) in [5.74, 6) is 0. The molecule has 0 aliphatic carbocycles. The Bertz CT molecular complexity index is 1220. The van der Waals surface area contributed by atoms with Gasteiger partial charge in [-0.1, -0.05) is 0 Å². The molecule has 0 bridgehead atoms. The molecule has 0 fully saturated rings. The van der Waals surface area contributed by atoms with Gasteiger partial charge in [-0.05, 0) is 0 Å². The van der Waals surface area contributed by atoms with Gasteiger partial charge in [-0.2, -0.15) is 0 Å². The fourth-order valence-electron chi connectivity index (χ4n) is 5.77. The predicted octanol–water partition coefficient (Wildman–Crippen LogP) is 3.91. The monoisotopic (exact) mass is 592 g/mol. The van der Waals surface area contributed by atoms with Crippen LogP contribution >= 0.6 is 0 Å². The Labute approximate surface area is 185 Å². The fraction of sp³-hybridized carbons (Fsp3) is 0. The molecular formula is C30H23Bi. The van der Waals surface area contributed by atoms with Crippen molar-refractivity contribution in [3.05, 3.63) is 140 Å².